The van der Waals surface area contributed by atoms with Crippen molar-refractivity contribution in [3.05, 3.63) is 69.6 Å². The fourth-order valence-electron chi connectivity index (χ4n) is 6.04. The van der Waals surface area contributed by atoms with Crippen molar-refractivity contribution in [2.24, 2.45) is 5.92 Å². The number of halogens is 1. The number of carboxylic acid groups (broad SMARTS) is 1. The summed E-state index contributed by atoms with van der Waals surface area (Å²) in [5.41, 5.74) is 2.08. The number of carbonyl (C=O) groups is 2. The maximum atomic E-state index is 14.2. The number of likely N-dealkylation sites (tertiary alicyclic amines) is 1. The molecule has 3 atom stereocenters. The van der Waals surface area contributed by atoms with Crippen LogP contribution >= 0.6 is 22.7 Å². The molecule has 188 valence electrons. The second-order valence-electron chi connectivity index (χ2n) is 10.3. The van der Waals surface area contributed by atoms with E-state index in [1.165, 1.54) is 34.8 Å². The smallest absolute Gasteiger partial charge is 0.337 e. The van der Waals surface area contributed by atoms with Crippen molar-refractivity contribution in [3.63, 3.8) is 0 Å². The maximum absolute atomic E-state index is 14.2. The molecule has 3 heterocycles. The summed E-state index contributed by atoms with van der Waals surface area (Å²) in [5, 5.41) is 11.4. The number of aromatic nitrogens is 2. The summed E-state index contributed by atoms with van der Waals surface area (Å²) >= 11 is 2.93. The van der Waals surface area contributed by atoms with Crippen LogP contribution in [0, 0.1) is 11.7 Å². The molecule has 2 aromatic heterocycles. The number of fused-ring (bicyclic) bond motifs is 3. The van der Waals surface area contributed by atoms with Gasteiger partial charge < -0.3 is 10.0 Å². The van der Waals surface area contributed by atoms with E-state index in [-0.39, 0.29) is 29.4 Å². The molecule has 9 heteroatoms. The van der Waals surface area contributed by atoms with Crippen LogP contribution in [-0.4, -0.2) is 43.9 Å². The molecule has 2 bridgehead atoms. The van der Waals surface area contributed by atoms with Crippen molar-refractivity contribution in [1.29, 1.82) is 0 Å². The molecule has 1 amide bonds. The lowest BCUT2D eigenvalue weighted by molar-refractivity contribution is 0.0587. The lowest BCUT2D eigenvalue weighted by Gasteiger charge is -2.35. The Morgan fingerprint density at radius 2 is 1.89 bits per heavy atom. The van der Waals surface area contributed by atoms with Gasteiger partial charge in [0, 0.05) is 24.4 Å². The average Bonchev–Trinajstić information content (AvgIpc) is 3.24. The molecule has 3 unspecified atom stereocenters. The molecule has 1 aliphatic heterocycles. The number of thiazole rings is 2. The third kappa shape index (κ3) is 3.95. The van der Waals surface area contributed by atoms with Crippen LogP contribution in [0.3, 0.4) is 0 Å². The molecular weight excluding hydrogens is 509 g/mol. The number of carboxylic acids is 1. The fraction of sp³-hybridized carbons (Fsp3) is 0.357. The topological polar surface area (TPSA) is 83.4 Å². The molecule has 7 rings (SSSR count). The minimum Gasteiger partial charge on any atom is -0.478 e. The SMILES string of the molecule is O=C(O)c1cccc2nc(CC3C4CCC(C4)N3C(=O)c3nc(C4CC4)sc3-c3cccc(F)c3)sc12. The highest BCUT2D eigenvalue weighted by atomic mass is 32.1. The third-order valence-corrected chi connectivity index (χ3v) is 10.3. The minimum absolute atomic E-state index is 0.00785. The number of benzene rings is 2. The van der Waals surface area contributed by atoms with E-state index < -0.39 is 5.97 Å². The number of nitrogens with zero attached hydrogens (tertiary/aromatic N) is 3. The van der Waals surface area contributed by atoms with Gasteiger partial charge in [0.15, 0.2) is 0 Å². The van der Waals surface area contributed by atoms with Crippen LogP contribution in [0.25, 0.3) is 20.7 Å². The predicted octanol–water partition coefficient (Wildman–Crippen LogP) is 6.37. The van der Waals surface area contributed by atoms with E-state index >= 15 is 0 Å². The lowest BCUT2D eigenvalue weighted by Crippen LogP contribution is -2.46. The average molecular weight is 534 g/mol. The van der Waals surface area contributed by atoms with Crippen LogP contribution in [0.15, 0.2) is 42.5 Å². The van der Waals surface area contributed by atoms with E-state index in [0.717, 1.165) is 47.0 Å². The largest absolute Gasteiger partial charge is 0.478 e. The van der Waals surface area contributed by atoms with E-state index in [9.17, 15) is 19.1 Å². The highest BCUT2D eigenvalue weighted by Crippen LogP contribution is 2.48. The first-order chi connectivity index (χ1) is 18.0. The molecule has 0 spiro atoms. The van der Waals surface area contributed by atoms with Gasteiger partial charge in [0.2, 0.25) is 0 Å². The van der Waals surface area contributed by atoms with Crippen LogP contribution in [-0.2, 0) is 6.42 Å². The second kappa shape index (κ2) is 8.70. The quantitative estimate of drug-likeness (QED) is 0.311. The molecule has 6 nitrogen and oxygen atoms in total. The Labute approximate surface area is 220 Å². The summed E-state index contributed by atoms with van der Waals surface area (Å²) in [7, 11) is 0. The first-order valence-electron chi connectivity index (χ1n) is 12.7. The van der Waals surface area contributed by atoms with Crippen molar-refractivity contribution in [2.75, 3.05) is 0 Å². The number of rotatable bonds is 6. The second-order valence-corrected chi connectivity index (χ2v) is 12.4. The number of carbonyl (C=O) groups excluding carboxylic acids is 1. The molecule has 2 aliphatic carbocycles. The summed E-state index contributed by atoms with van der Waals surface area (Å²) < 4.78 is 14.8. The first-order valence-corrected chi connectivity index (χ1v) is 14.3. The van der Waals surface area contributed by atoms with Gasteiger partial charge in [-0.15, -0.1) is 22.7 Å². The van der Waals surface area contributed by atoms with E-state index in [0.29, 0.717) is 39.7 Å². The molecule has 3 aliphatic rings. The molecular formula is C28H24FN3O3S2. The van der Waals surface area contributed by atoms with Gasteiger partial charge in [-0.05, 0) is 67.9 Å². The van der Waals surface area contributed by atoms with Gasteiger partial charge >= 0.3 is 5.97 Å². The van der Waals surface area contributed by atoms with Gasteiger partial charge in [-0.1, -0.05) is 18.2 Å². The maximum Gasteiger partial charge on any atom is 0.337 e. The first kappa shape index (κ1) is 23.0. The van der Waals surface area contributed by atoms with Crippen molar-refractivity contribution in [1.82, 2.24) is 14.9 Å². The van der Waals surface area contributed by atoms with Gasteiger partial charge in [0.05, 0.1) is 30.7 Å². The van der Waals surface area contributed by atoms with Crippen LogP contribution in [0.1, 0.15) is 68.9 Å². The number of aromatic carboxylic acids is 1. The van der Waals surface area contributed by atoms with Crippen LogP contribution in [0.5, 0.6) is 0 Å². The highest BCUT2D eigenvalue weighted by molar-refractivity contribution is 7.19. The molecule has 2 aromatic carbocycles. The van der Waals surface area contributed by atoms with Gasteiger partial charge in [0.25, 0.3) is 5.91 Å². The molecule has 0 radical (unpaired) electrons. The molecule has 1 saturated heterocycles. The van der Waals surface area contributed by atoms with Gasteiger partial charge in [-0.2, -0.15) is 0 Å². The van der Waals surface area contributed by atoms with Crippen molar-refractivity contribution in [2.45, 2.75) is 56.5 Å². The number of amides is 1. The van der Waals surface area contributed by atoms with Crippen LogP contribution in [0.2, 0.25) is 0 Å². The van der Waals surface area contributed by atoms with Gasteiger partial charge in [0.1, 0.15) is 11.5 Å². The summed E-state index contributed by atoms with van der Waals surface area (Å²) in [6.07, 6.45) is 5.78. The van der Waals surface area contributed by atoms with Crippen molar-refractivity contribution in [3.8, 4) is 10.4 Å². The Hall–Kier alpha value is -3.17. The zero-order chi connectivity index (χ0) is 25.3. The number of piperidine rings is 1. The lowest BCUT2D eigenvalue weighted by atomic mass is 9.95. The fourth-order valence-corrected chi connectivity index (χ4v) is 8.38. The van der Waals surface area contributed by atoms with Crippen molar-refractivity contribution < 1.29 is 19.1 Å². The molecule has 1 N–H and O–H groups in total. The van der Waals surface area contributed by atoms with Gasteiger partial charge in [-0.25, -0.2) is 19.2 Å². The summed E-state index contributed by atoms with van der Waals surface area (Å²) in [6, 6.07) is 11.7. The Balaban J connectivity index is 1.24. The van der Waals surface area contributed by atoms with E-state index in [2.05, 4.69) is 0 Å². The number of hydrogen-bond donors (Lipinski definition) is 1. The zero-order valence-electron chi connectivity index (χ0n) is 19.9. The molecule has 3 fully saturated rings. The monoisotopic (exact) mass is 533 g/mol. The Kier molecular flexibility index (Phi) is 5.40. The van der Waals surface area contributed by atoms with Crippen LogP contribution < -0.4 is 0 Å². The van der Waals surface area contributed by atoms with Crippen molar-refractivity contribution >= 4 is 44.8 Å². The third-order valence-electron chi connectivity index (χ3n) is 7.91. The van der Waals surface area contributed by atoms with Crippen LogP contribution in [0.4, 0.5) is 4.39 Å². The number of hydrogen-bond acceptors (Lipinski definition) is 6. The Morgan fingerprint density at radius 1 is 1.05 bits per heavy atom. The standard InChI is InChI=1S/C28H24FN3O3S2/c29-17-4-1-3-16(11-17)24-23(31-26(37-24)14-7-8-14)27(33)32-18-10-9-15(12-18)21(32)13-22-30-20-6-2-5-19(28(34)35)25(20)36-22/h1-6,11,14-15,18,21H,7-10,12-13H2,(H,34,35). The zero-order valence-corrected chi connectivity index (χ0v) is 21.5. The summed E-state index contributed by atoms with van der Waals surface area (Å²) in [5.74, 6) is -0.578. The Bertz CT molecular complexity index is 1560. The van der Waals surface area contributed by atoms with E-state index in [1.54, 1.807) is 18.2 Å². The van der Waals surface area contributed by atoms with E-state index in [4.69, 9.17) is 9.97 Å². The minimum atomic E-state index is -0.961. The Morgan fingerprint density at radius 3 is 2.68 bits per heavy atom. The predicted molar refractivity (Wildman–Crippen MR) is 141 cm³/mol. The molecule has 4 aromatic rings. The summed E-state index contributed by atoms with van der Waals surface area (Å²) in [6.45, 7) is 0. The molecule has 2 saturated carbocycles. The van der Waals surface area contributed by atoms with Gasteiger partial charge in [-0.3, -0.25) is 4.79 Å². The normalized spacial score (nSPS) is 22.7. The summed E-state index contributed by atoms with van der Waals surface area (Å²) in [4.78, 5) is 38.2. The highest BCUT2D eigenvalue weighted by Gasteiger charge is 2.49. The molecule has 37 heavy (non-hydrogen) atoms. The van der Waals surface area contributed by atoms with E-state index in [1.807, 2.05) is 17.0 Å².